The SMILES string of the molecule is CCc1ccc(C(c2cc(OC)ccc2OC)N2CCNCC2)s1. The van der Waals surface area contributed by atoms with Crippen LogP contribution >= 0.6 is 11.3 Å². The minimum absolute atomic E-state index is 0.211. The summed E-state index contributed by atoms with van der Waals surface area (Å²) < 4.78 is 11.1. The number of nitrogens with one attached hydrogen (secondary N) is 1. The summed E-state index contributed by atoms with van der Waals surface area (Å²) in [5.74, 6) is 1.80. The van der Waals surface area contributed by atoms with Gasteiger partial charge in [0.25, 0.3) is 0 Å². The summed E-state index contributed by atoms with van der Waals surface area (Å²) in [5, 5.41) is 3.45. The van der Waals surface area contributed by atoms with Crippen molar-refractivity contribution in [2.45, 2.75) is 19.4 Å². The Labute approximate surface area is 148 Å². The van der Waals surface area contributed by atoms with Crippen LogP contribution in [0.2, 0.25) is 0 Å². The van der Waals surface area contributed by atoms with Crippen molar-refractivity contribution >= 4 is 11.3 Å². The zero-order valence-electron chi connectivity index (χ0n) is 14.7. The molecule has 130 valence electrons. The molecule has 0 bridgehead atoms. The molecule has 0 amide bonds. The second-order valence-electron chi connectivity index (χ2n) is 5.95. The van der Waals surface area contributed by atoms with Crippen LogP contribution in [-0.4, -0.2) is 45.3 Å². The van der Waals surface area contributed by atoms with Crippen molar-refractivity contribution < 1.29 is 9.47 Å². The van der Waals surface area contributed by atoms with E-state index in [1.165, 1.54) is 15.3 Å². The van der Waals surface area contributed by atoms with Gasteiger partial charge in [-0.1, -0.05) is 6.92 Å². The lowest BCUT2D eigenvalue weighted by molar-refractivity contribution is 0.197. The van der Waals surface area contributed by atoms with Crippen LogP contribution in [0.4, 0.5) is 0 Å². The molecule has 3 rings (SSSR count). The van der Waals surface area contributed by atoms with Gasteiger partial charge < -0.3 is 14.8 Å². The van der Waals surface area contributed by atoms with Crippen LogP contribution in [0.3, 0.4) is 0 Å². The molecule has 1 atom stereocenters. The number of rotatable bonds is 6. The molecule has 1 unspecified atom stereocenters. The molecule has 1 aromatic carbocycles. The van der Waals surface area contributed by atoms with E-state index < -0.39 is 0 Å². The molecule has 1 saturated heterocycles. The van der Waals surface area contributed by atoms with Crippen LogP contribution in [0.15, 0.2) is 30.3 Å². The fraction of sp³-hybridized carbons (Fsp3) is 0.474. The first-order valence-electron chi connectivity index (χ1n) is 8.52. The Morgan fingerprint density at radius 1 is 1.12 bits per heavy atom. The number of benzene rings is 1. The lowest BCUT2D eigenvalue weighted by Gasteiger charge is -2.35. The molecule has 1 fully saturated rings. The number of ether oxygens (including phenoxy) is 2. The summed E-state index contributed by atoms with van der Waals surface area (Å²) in [4.78, 5) is 5.34. The van der Waals surface area contributed by atoms with E-state index in [1.807, 2.05) is 23.5 Å². The highest BCUT2D eigenvalue weighted by atomic mass is 32.1. The summed E-state index contributed by atoms with van der Waals surface area (Å²) in [5.41, 5.74) is 1.18. The van der Waals surface area contributed by atoms with Crippen molar-refractivity contribution in [1.29, 1.82) is 0 Å². The molecule has 1 N–H and O–H groups in total. The van der Waals surface area contributed by atoms with Gasteiger partial charge in [0, 0.05) is 41.5 Å². The fourth-order valence-corrected chi connectivity index (χ4v) is 4.36. The van der Waals surface area contributed by atoms with Gasteiger partial charge in [-0.15, -0.1) is 11.3 Å². The molecule has 0 radical (unpaired) electrons. The lowest BCUT2D eigenvalue weighted by atomic mass is 10.0. The van der Waals surface area contributed by atoms with Gasteiger partial charge >= 0.3 is 0 Å². The molecule has 1 aliphatic heterocycles. The molecule has 1 aromatic heterocycles. The maximum atomic E-state index is 5.68. The highest BCUT2D eigenvalue weighted by Gasteiger charge is 2.28. The Balaban J connectivity index is 2.06. The van der Waals surface area contributed by atoms with Gasteiger partial charge in [-0.25, -0.2) is 0 Å². The second kappa shape index (κ2) is 8.01. The molecule has 0 saturated carbocycles. The molecular formula is C19H26N2O2S. The summed E-state index contributed by atoms with van der Waals surface area (Å²) in [6.07, 6.45) is 1.08. The number of hydrogen-bond donors (Lipinski definition) is 1. The van der Waals surface area contributed by atoms with E-state index in [9.17, 15) is 0 Å². The summed E-state index contributed by atoms with van der Waals surface area (Å²) in [6, 6.07) is 10.8. The fourth-order valence-electron chi connectivity index (χ4n) is 3.25. The molecule has 1 aliphatic rings. The summed E-state index contributed by atoms with van der Waals surface area (Å²) >= 11 is 1.90. The lowest BCUT2D eigenvalue weighted by Crippen LogP contribution is -2.45. The Morgan fingerprint density at radius 2 is 1.92 bits per heavy atom. The second-order valence-corrected chi connectivity index (χ2v) is 7.15. The minimum Gasteiger partial charge on any atom is -0.497 e. The van der Waals surface area contributed by atoms with Crippen LogP contribution in [0.25, 0.3) is 0 Å². The minimum atomic E-state index is 0.211. The Kier molecular flexibility index (Phi) is 5.76. The maximum absolute atomic E-state index is 5.68. The normalized spacial score (nSPS) is 16.8. The van der Waals surface area contributed by atoms with E-state index in [2.05, 4.69) is 35.3 Å². The third-order valence-corrected chi connectivity index (χ3v) is 5.83. The number of nitrogens with zero attached hydrogens (tertiary/aromatic N) is 1. The van der Waals surface area contributed by atoms with Gasteiger partial charge in [-0.3, -0.25) is 4.90 Å². The Bertz CT molecular complexity index is 665. The van der Waals surface area contributed by atoms with Crippen molar-refractivity contribution in [3.8, 4) is 11.5 Å². The van der Waals surface area contributed by atoms with E-state index in [0.29, 0.717) is 0 Å². The zero-order chi connectivity index (χ0) is 16.9. The maximum Gasteiger partial charge on any atom is 0.124 e. The van der Waals surface area contributed by atoms with Gasteiger partial charge in [0.15, 0.2) is 0 Å². The van der Waals surface area contributed by atoms with Gasteiger partial charge in [0.05, 0.1) is 20.3 Å². The van der Waals surface area contributed by atoms with E-state index in [1.54, 1.807) is 14.2 Å². The molecule has 4 nitrogen and oxygen atoms in total. The number of thiophene rings is 1. The topological polar surface area (TPSA) is 33.7 Å². The van der Waals surface area contributed by atoms with Gasteiger partial charge in [-0.2, -0.15) is 0 Å². The average Bonchev–Trinajstić information content (AvgIpc) is 3.11. The third-order valence-electron chi connectivity index (χ3n) is 4.55. The van der Waals surface area contributed by atoms with Crippen LogP contribution < -0.4 is 14.8 Å². The number of piperazine rings is 1. The number of aryl methyl sites for hydroxylation is 1. The van der Waals surface area contributed by atoms with Crippen LogP contribution in [0, 0.1) is 0 Å². The largest absolute Gasteiger partial charge is 0.497 e. The van der Waals surface area contributed by atoms with Crippen molar-refractivity contribution in [1.82, 2.24) is 10.2 Å². The van der Waals surface area contributed by atoms with Gasteiger partial charge in [0.1, 0.15) is 11.5 Å². The van der Waals surface area contributed by atoms with Crippen molar-refractivity contribution in [2.24, 2.45) is 0 Å². The quantitative estimate of drug-likeness (QED) is 0.870. The van der Waals surface area contributed by atoms with E-state index in [-0.39, 0.29) is 6.04 Å². The highest BCUT2D eigenvalue weighted by Crippen LogP contribution is 2.39. The van der Waals surface area contributed by atoms with Crippen molar-refractivity contribution in [3.63, 3.8) is 0 Å². The summed E-state index contributed by atoms with van der Waals surface area (Å²) in [6.45, 7) is 6.32. The van der Waals surface area contributed by atoms with Crippen molar-refractivity contribution in [2.75, 3.05) is 40.4 Å². The van der Waals surface area contributed by atoms with Crippen LogP contribution in [-0.2, 0) is 6.42 Å². The predicted octanol–water partition coefficient (Wildman–Crippen LogP) is 3.32. The molecule has 24 heavy (non-hydrogen) atoms. The zero-order valence-corrected chi connectivity index (χ0v) is 15.5. The smallest absolute Gasteiger partial charge is 0.124 e. The first kappa shape index (κ1) is 17.3. The standard InChI is InChI=1S/C19H26N2O2S/c1-4-15-6-8-18(24-15)19(21-11-9-20-10-12-21)16-13-14(22-2)5-7-17(16)23-3/h5-8,13,19-20H,4,9-12H2,1-3H3. The van der Waals surface area contributed by atoms with Crippen LogP contribution in [0.5, 0.6) is 11.5 Å². The number of hydrogen-bond acceptors (Lipinski definition) is 5. The Hall–Kier alpha value is -1.56. The van der Waals surface area contributed by atoms with Gasteiger partial charge in [0.2, 0.25) is 0 Å². The highest BCUT2D eigenvalue weighted by molar-refractivity contribution is 7.12. The number of methoxy groups -OCH3 is 2. The molecule has 5 heteroatoms. The average molecular weight is 346 g/mol. The third kappa shape index (κ3) is 3.58. The van der Waals surface area contributed by atoms with E-state index in [4.69, 9.17) is 9.47 Å². The Morgan fingerprint density at radius 3 is 2.54 bits per heavy atom. The van der Waals surface area contributed by atoms with Crippen molar-refractivity contribution in [3.05, 3.63) is 45.6 Å². The first-order valence-corrected chi connectivity index (χ1v) is 9.33. The molecule has 2 heterocycles. The first-order chi connectivity index (χ1) is 11.8. The molecular weight excluding hydrogens is 320 g/mol. The van der Waals surface area contributed by atoms with E-state index >= 15 is 0 Å². The van der Waals surface area contributed by atoms with Crippen LogP contribution in [0.1, 0.15) is 28.3 Å². The monoisotopic (exact) mass is 346 g/mol. The van der Waals surface area contributed by atoms with Gasteiger partial charge in [-0.05, 0) is 36.8 Å². The molecule has 2 aromatic rings. The predicted molar refractivity (Wildman–Crippen MR) is 99.5 cm³/mol. The summed E-state index contributed by atoms with van der Waals surface area (Å²) in [7, 11) is 3.46. The molecule has 0 spiro atoms. The van der Waals surface area contributed by atoms with E-state index in [0.717, 1.165) is 44.1 Å². The molecule has 0 aliphatic carbocycles.